The van der Waals surface area contributed by atoms with Gasteiger partial charge in [-0.05, 0) is 116 Å². The van der Waals surface area contributed by atoms with Crippen LogP contribution < -0.4 is 0 Å². The fourth-order valence-electron chi connectivity index (χ4n) is 11.0. The maximum atomic E-state index is 13.1. The third kappa shape index (κ3) is 75.9. The third-order valence-corrected chi connectivity index (χ3v) is 19.2. The van der Waals surface area contributed by atoms with Crippen LogP contribution in [0.15, 0.2) is 109 Å². The second-order valence-corrected chi connectivity index (χ2v) is 30.3. The maximum absolute atomic E-state index is 13.1. The number of hydrogen-bond donors (Lipinski definition) is 3. The number of ether oxygens (including phenoxy) is 4. The fourth-order valence-corrected chi connectivity index (χ4v) is 12.6. The second-order valence-electron chi connectivity index (χ2n) is 27.4. The largest absolute Gasteiger partial charge is 0.472 e. The Morgan fingerprint density at radius 3 is 0.885 bits per heavy atom. The molecule has 0 aromatic carbocycles. The molecule has 0 aliphatic carbocycles. The minimum Gasteiger partial charge on any atom is -0.462 e. The van der Waals surface area contributed by atoms with Crippen molar-refractivity contribution in [3.63, 3.8) is 0 Å². The van der Waals surface area contributed by atoms with Gasteiger partial charge in [-0.2, -0.15) is 0 Å². The van der Waals surface area contributed by atoms with Crippen LogP contribution in [0.4, 0.5) is 0 Å². The summed E-state index contributed by atoms with van der Waals surface area (Å²) in [6, 6.07) is 0. The first kappa shape index (κ1) is 99.7. The quantitative estimate of drug-likeness (QED) is 0.0169. The molecule has 5 unspecified atom stereocenters. The molecule has 0 fully saturated rings. The zero-order chi connectivity index (χ0) is 76.0. The van der Waals surface area contributed by atoms with Gasteiger partial charge in [0.2, 0.25) is 0 Å². The van der Waals surface area contributed by atoms with Gasteiger partial charge in [-0.25, -0.2) is 9.13 Å². The van der Waals surface area contributed by atoms with Gasteiger partial charge < -0.3 is 33.8 Å². The lowest BCUT2D eigenvalue weighted by molar-refractivity contribution is -0.161. The fraction of sp³-hybridized carbons (Fsp3) is 0.741. The lowest BCUT2D eigenvalue weighted by Crippen LogP contribution is -2.30. The summed E-state index contributed by atoms with van der Waals surface area (Å²) in [5, 5.41) is 10.6. The molecule has 3 N–H and O–H groups in total. The van der Waals surface area contributed by atoms with E-state index in [1.165, 1.54) is 122 Å². The molecule has 0 saturated carbocycles. The van der Waals surface area contributed by atoms with Crippen molar-refractivity contribution in [2.75, 3.05) is 39.6 Å². The molecule has 0 aliphatic rings. The van der Waals surface area contributed by atoms with Gasteiger partial charge in [0.1, 0.15) is 19.3 Å². The molecular formula is C85H148O17P2. The predicted octanol–water partition coefficient (Wildman–Crippen LogP) is 24.1. The van der Waals surface area contributed by atoms with Crippen LogP contribution in [0.25, 0.3) is 0 Å². The summed E-state index contributed by atoms with van der Waals surface area (Å²) in [5.41, 5.74) is 0. The van der Waals surface area contributed by atoms with Crippen LogP contribution in [0.5, 0.6) is 0 Å². The number of rotatable bonds is 77. The van der Waals surface area contributed by atoms with Crippen LogP contribution in [-0.4, -0.2) is 96.7 Å². The molecule has 0 amide bonds. The summed E-state index contributed by atoms with van der Waals surface area (Å²) in [5.74, 6) is -2.33. The molecule has 0 aromatic rings. The monoisotopic (exact) mass is 1500 g/mol. The molecule has 0 aliphatic heterocycles. The Hall–Kier alpha value is -4.28. The minimum absolute atomic E-state index is 0.0694. The van der Waals surface area contributed by atoms with E-state index in [2.05, 4.69) is 113 Å². The summed E-state index contributed by atoms with van der Waals surface area (Å²) in [7, 11) is -9.98. The van der Waals surface area contributed by atoms with Crippen molar-refractivity contribution in [1.29, 1.82) is 0 Å². The van der Waals surface area contributed by atoms with E-state index in [0.29, 0.717) is 25.7 Å². The maximum Gasteiger partial charge on any atom is 0.472 e. The molecule has 600 valence electrons. The van der Waals surface area contributed by atoms with Crippen molar-refractivity contribution in [1.82, 2.24) is 0 Å². The highest BCUT2D eigenvalue weighted by atomic mass is 31.2. The van der Waals surface area contributed by atoms with E-state index in [9.17, 15) is 43.2 Å². The first-order valence-electron chi connectivity index (χ1n) is 41.1. The highest BCUT2D eigenvalue weighted by Crippen LogP contribution is 2.45. The van der Waals surface area contributed by atoms with Gasteiger partial charge in [-0.3, -0.25) is 37.3 Å². The summed E-state index contributed by atoms with van der Waals surface area (Å²) >= 11 is 0. The van der Waals surface area contributed by atoms with Crippen LogP contribution in [0.1, 0.15) is 349 Å². The highest BCUT2D eigenvalue weighted by molar-refractivity contribution is 7.47. The SMILES string of the molecule is CC/C=C\C/C=C\C/C=C\C/C=C\C/C=C\CC(=O)OCC(COP(=O)(O)OCC(O)COP(=O)(O)OCC(COC(=O)CCCCCCCC/C=C\C/C=C\C/C=C\CCCCC)OC(=O)CCCCCCC/C=C\CCCCCCCC)OC(=O)CCCCCCCCCCCCCCCCC. The van der Waals surface area contributed by atoms with Crippen molar-refractivity contribution >= 4 is 39.5 Å². The lowest BCUT2D eigenvalue weighted by atomic mass is 10.0. The Morgan fingerprint density at radius 2 is 0.538 bits per heavy atom. The standard InChI is InChI=1S/C85H148O17P2/c1-5-9-13-17-21-25-29-33-37-38-39-40-44-46-50-54-58-62-66-70-83(88)96-76-81(102-85(90)72-68-64-60-56-52-48-43-36-32-28-24-20-16-12-8-4)78-100-104(93,94)98-74-79(86)73-97-103(91,92)99-77-80(101-84(89)71-67-63-59-55-51-47-42-35-31-27-23-19-15-11-7-3)75-95-82(87)69-65-61-57-53-49-45-41-34-30-26-22-18-14-10-6-2/h10,14,21-22,25-26,33-34,36-37,39-41,43,49,53,61,65,79-81,86H,5-9,11-13,15-20,23-24,27-32,35,38,42,44-48,50-52,54-60,62-64,66-78H2,1-4H3,(H,91,92)(H,93,94)/b14-10-,25-21-,26-22-,37-33-,40-39-,41-34-,43-36-,53-49-,65-61-. The lowest BCUT2D eigenvalue weighted by Gasteiger charge is -2.21. The number of aliphatic hydroxyl groups excluding tert-OH is 1. The molecule has 0 bridgehead atoms. The van der Waals surface area contributed by atoms with Gasteiger partial charge >= 0.3 is 39.5 Å². The second kappa shape index (κ2) is 76.9. The van der Waals surface area contributed by atoms with Crippen molar-refractivity contribution in [3.05, 3.63) is 109 Å². The molecule has 19 heteroatoms. The van der Waals surface area contributed by atoms with Gasteiger partial charge in [0.15, 0.2) is 12.2 Å². The Bertz CT molecular complexity index is 2390. The van der Waals surface area contributed by atoms with Crippen LogP contribution in [0.3, 0.4) is 0 Å². The first-order chi connectivity index (χ1) is 50.7. The van der Waals surface area contributed by atoms with E-state index < -0.39 is 97.5 Å². The van der Waals surface area contributed by atoms with Crippen LogP contribution >= 0.6 is 15.6 Å². The molecule has 0 radical (unpaired) electrons. The summed E-state index contributed by atoms with van der Waals surface area (Å²) in [4.78, 5) is 73.0. The average Bonchev–Trinajstić information content (AvgIpc) is 0.912. The molecule has 0 aromatic heterocycles. The van der Waals surface area contributed by atoms with Crippen LogP contribution in [0.2, 0.25) is 0 Å². The Balaban J connectivity index is 5.41. The number of carbonyl (C=O) groups is 4. The summed E-state index contributed by atoms with van der Waals surface area (Å²) in [6.45, 7) is 4.64. The number of carbonyl (C=O) groups excluding carboxylic acids is 4. The Morgan fingerprint density at radius 1 is 0.288 bits per heavy atom. The van der Waals surface area contributed by atoms with E-state index in [-0.39, 0.29) is 25.7 Å². The first-order valence-corrected chi connectivity index (χ1v) is 44.1. The highest BCUT2D eigenvalue weighted by Gasteiger charge is 2.30. The number of hydrogen-bond acceptors (Lipinski definition) is 15. The molecule has 0 saturated heterocycles. The molecule has 0 spiro atoms. The van der Waals surface area contributed by atoms with Crippen LogP contribution in [0, 0.1) is 0 Å². The zero-order valence-electron chi connectivity index (χ0n) is 65.7. The van der Waals surface area contributed by atoms with Crippen molar-refractivity contribution in [2.24, 2.45) is 0 Å². The molecule has 0 rings (SSSR count). The number of allylic oxidation sites excluding steroid dienone is 17. The smallest absolute Gasteiger partial charge is 0.462 e. The summed E-state index contributed by atoms with van der Waals surface area (Å²) in [6.07, 6.45) is 83.7. The molecular weight excluding hydrogens is 1350 g/mol. The molecule has 17 nitrogen and oxygen atoms in total. The molecule has 5 atom stereocenters. The van der Waals surface area contributed by atoms with E-state index in [1.54, 1.807) is 6.08 Å². The number of esters is 4. The van der Waals surface area contributed by atoms with E-state index in [1.807, 2.05) is 18.2 Å². The zero-order valence-corrected chi connectivity index (χ0v) is 67.5. The van der Waals surface area contributed by atoms with Crippen molar-refractivity contribution in [3.8, 4) is 0 Å². The van der Waals surface area contributed by atoms with Crippen molar-refractivity contribution < 1.29 is 80.2 Å². The van der Waals surface area contributed by atoms with E-state index in [4.69, 9.17) is 37.0 Å². The van der Waals surface area contributed by atoms with Gasteiger partial charge in [0.25, 0.3) is 0 Å². The molecule has 104 heavy (non-hydrogen) atoms. The van der Waals surface area contributed by atoms with E-state index in [0.717, 1.165) is 148 Å². The Labute approximate surface area is 632 Å². The topological polar surface area (TPSA) is 237 Å². The average molecular weight is 1500 g/mol. The van der Waals surface area contributed by atoms with Crippen LogP contribution in [-0.2, 0) is 65.4 Å². The van der Waals surface area contributed by atoms with Crippen molar-refractivity contribution in [2.45, 2.75) is 367 Å². The van der Waals surface area contributed by atoms with Gasteiger partial charge in [0, 0.05) is 19.3 Å². The third-order valence-electron chi connectivity index (χ3n) is 17.3. The Kier molecular flexibility index (Phi) is 73.7. The van der Waals surface area contributed by atoms with Gasteiger partial charge in [-0.1, -0.05) is 317 Å². The minimum atomic E-state index is -5.00. The number of unbranched alkanes of at least 4 members (excludes halogenated alkanes) is 34. The van der Waals surface area contributed by atoms with Gasteiger partial charge in [-0.15, -0.1) is 0 Å². The number of phosphoric ester groups is 2. The number of aliphatic hydroxyl groups is 1. The normalized spacial score (nSPS) is 14.4. The van der Waals surface area contributed by atoms with E-state index >= 15 is 0 Å². The molecule has 0 heterocycles. The van der Waals surface area contributed by atoms with Gasteiger partial charge in [0.05, 0.1) is 32.8 Å². The number of phosphoric acid groups is 2. The summed E-state index contributed by atoms with van der Waals surface area (Å²) < 4.78 is 68.6. The predicted molar refractivity (Wildman–Crippen MR) is 427 cm³/mol.